The number of aromatic nitrogens is 2. The van der Waals surface area contributed by atoms with Crippen LogP contribution in [0.1, 0.15) is 39.4 Å². The number of rotatable bonds is 8. The number of carbonyl (C=O) groups is 3. The van der Waals surface area contributed by atoms with Crippen molar-refractivity contribution in [3.63, 3.8) is 0 Å². The maximum absolute atomic E-state index is 12.5. The zero-order valence-corrected chi connectivity index (χ0v) is 16.2. The highest BCUT2D eigenvalue weighted by Gasteiger charge is 2.27. The molecule has 0 aliphatic carbocycles. The Bertz CT molecular complexity index is 934. The van der Waals surface area contributed by atoms with Crippen LogP contribution >= 0.6 is 11.3 Å². The molecule has 2 aromatic rings. The third-order valence-corrected chi connectivity index (χ3v) is 5.05. The van der Waals surface area contributed by atoms with Crippen molar-refractivity contribution in [3.05, 3.63) is 38.5 Å². The van der Waals surface area contributed by atoms with Gasteiger partial charge in [0.05, 0.1) is 34.4 Å². The van der Waals surface area contributed by atoms with E-state index in [2.05, 4.69) is 10.4 Å². The zero-order valence-electron chi connectivity index (χ0n) is 15.4. The van der Waals surface area contributed by atoms with Gasteiger partial charge in [0, 0.05) is 0 Å². The number of hydrogen-bond acceptors (Lipinski definition) is 8. The molecule has 3 N–H and O–H groups in total. The summed E-state index contributed by atoms with van der Waals surface area (Å²) < 4.78 is 6.27. The summed E-state index contributed by atoms with van der Waals surface area (Å²) in [5, 5.41) is 17.3. The number of nitrogens with two attached hydrogens (primary N) is 1. The normalized spacial score (nSPS) is 11.7. The SMILES string of the molecule is CCOC(=O)c1c(NC(=O)C(C)Cn2cc([N+](=O)[O-])cn2)sc(C(N)=O)c1C. The van der Waals surface area contributed by atoms with Gasteiger partial charge in [-0.15, -0.1) is 11.3 Å². The van der Waals surface area contributed by atoms with Gasteiger partial charge in [-0.05, 0) is 19.4 Å². The standard InChI is InChI=1S/C16H19N5O6S/c1-4-27-16(24)11-9(3)12(13(17)22)28-15(11)19-14(23)8(2)6-20-7-10(5-18-20)21(25)26/h5,7-8H,4,6H2,1-3H3,(H2,17,22)(H,19,23). The largest absolute Gasteiger partial charge is 0.462 e. The summed E-state index contributed by atoms with van der Waals surface area (Å²) >= 11 is 0.889. The maximum Gasteiger partial charge on any atom is 0.341 e. The number of amides is 2. The van der Waals surface area contributed by atoms with Crippen LogP contribution in [0.5, 0.6) is 0 Å². The summed E-state index contributed by atoms with van der Waals surface area (Å²) in [4.78, 5) is 46.6. The van der Waals surface area contributed by atoms with Crippen LogP contribution < -0.4 is 11.1 Å². The molecule has 0 spiro atoms. The van der Waals surface area contributed by atoms with Crippen LogP contribution in [0.4, 0.5) is 10.7 Å². The van der Waals surface area contributed by atoms with E-state index < -0.39 is 28.6 Å². The molecule has 2 aromatic heterocycles. The molecule has 1 atom stereocenters. The Balaban J connectivity index is 2.21. The molecular weight excluding hydrogens is 390 g/mol. The van der Waals surface area contributed by atoms with E-state index in [1.807, 2.05) is 0 Å². The third-order valence-electron chi connectivity index (χ3n) is 3.83. The summed E-state index contributed by atoms with van der Waals surface area (Å²) in [7, 11) is 0. The highest BCUT2D eigenvalue weighted by molar-refractivity contribution is 7.18. The molecule has 0 aromatic carbocycles. The Kier molecular flexibility index (Phi) is 6.46. The van der Waals surface area contributed by atoms with Crippen molar-refractivity contribution >= 4 is 39.8 Å². The van der Waals surface area contributed by atoms with Crippen molar-refractivity contribution < 1.29 is 24.0 Å². The van der Waals surface area contributed by atoms with Crippen molar-refractivity contribution in [1.29, 1.82) is 0 Å². The minimum absolute atomic E-state index is 0.0796. The molecule has 0 saturated carbocycles. The van der Waals surface area contributed by atoms with Gasteiger partial charge in [0.25, 0.3) is 5.91 Å². The van der Waals surface area contributed by atoms with Crippen LogP contribution in [0, 0.1) is 23.0 Å². The summed E-state index contributed by atoms with van der Waals surface area (Å²) in [6, 6.07) is 0. The van der Waals surface area contributed by atoms with Crippen molar-refractivity contribution in [1.82, 2.24) is 9.78 Å². The van der Waals surface area contributed by atoms with Crippen LogP contribution in [0.3, 0.4) is 0 Å². The smallest absolute Gasteiger partial charge is 0.341 e. The average Bonchev–Trinajstić information content (AvgIpc) is 3.19. The summed E-state index contributed by atoms with van der Waals surface area (Å²) in [6.07, 6.45) is 2.31. The van der Waals surface area contributed by atoms with Gasteiger partial charge in [-0.2, -0.15) is 5.10 Å². The van der Waals surface area contributed by atoms with Crippen LogP contribution in [0.15, 0.2) is 12.4 Å². The maximum atomic E-state index is 12.5. The van der Waals surface area contributed by atoms with Crippen molar-refractivity contribution in [2.45, 2.75) is 27.3 Å². The molecule has 2 rings (SSSR count). The first kappa shape index (κ1) is 21.0. The Morgan fingerprint density at radius 3 is 2.68 bits per heavy atom. The Hall–Kier alpha value is -3.28. The molecule has 28 heavy (non-hydrogen) atoms. The second-order valence-corrected chi connectivity index (χ2v) is 6.93. The first-order valence-electron chi connectivity index (χ1n) is 8.23. The molecule has 12 heteroatoms. The number of esters is 1. The van der Waals surface area contributed by atoms with Gasteiger partial charge in [-0.3, -0.25) is 24.4 Å². The monoisotopic (exact) mass is 409 g/mol. The lowest BCUT2D eigenvalue weighted by atomic mass is 10.1. The summed E-state index contributed by atoms with van der Waals surface area (Å²) in [5.41, 5.74) is 5.56. The van der Waals surface area contributed by atoms with E-state index in [1.165, 1.54) is 10.9 Å². The number of ether oxygens (including phenoxy) is 1. The van der Waals surface area contributed by atoms with Crippen molar-refractivity contribution in [2.24, 2.45) is 11.7 Å². The van der Waals surface area contributed by atoms with Gasteiger partial charge in [0.2, 0.25) is 5.91 Å². The molecule has 2 heterocycles. The number of carbonyl (C=O) groups excluding carboxylic acids is 3. The highest BCUT2D eigenvalue weighted by Crippen LogP contribution is 2.33. The van der Waals surface area contributed by atoms with E-state index in [4.69, 9.17) is 10.5 Å². The first-order valence-corrected chi connectivity index (χ1v) is 9.05. The van der Waals surface area contributed by atoms with E-state index in [1.54, 1.807) is 20.8 Å². The molecule has 0 saturated heterocycles. The average molecular weight is 409 g/mol. The van der Waals surface area contributed by atoms with Gasteiger partial charge in [0.1, 0.15) is 17.4 Å². The van der Waals surface area contributed by atoms with Crippen LogP contribution in [-0.4, -0.2) is 39.1 Å². The number of thiophene rings is 1. The van der Waals surface area contributed by atoms with Crippen molar-refractivity contribution in [2.75, 3.05) is 11.9 Å². The Labute approximate surface area is 163 Å². The minimum atomic E-state index is -0.717. The van der Waals surface area contributed by atoms with Crippen LogP contribution in [0.2, 0.25) is 0 Å². The van der Waals surface area contributed by atoms with E-state index in [-0.39, 0.29) is 34.3 Å². The van der Waals surface area contributed by atoms with Gasteiger partial charge < -0.3 is 15.8 Å². The number of primary amides is 1. The Morgan fingerprint density at radius 1 is 1.46 bits per heavy atom. The summed E-state index contributed by atoms with van der Waals surface area (Å²) in [6.45, 7) is 4.99. The molecule has 11 nitrogen and oxygen atoms in total. The Morgan fingerprint density at radius 2 is 2.14 bits per heavy atom. The lowest BCUT2D eigenvalue weighted by Crippen LogP contribution is -2.25. The molecule has 0 aliphatic rings. The lowest BCUT2D eigenvalue weighted by Gasteiger charge is -2.12. The number of hydrogen-bond donors (Lipinski definition) is 2. The molecule has 0 bridgehead atoms. The number of nitrogens with one attached hydrogen (secondary N) is 1. The minimum Gasteiger partial charge on any atom is -0.462 e. The number of anilines is 1. The fraction of sp³-hybridized carbons (Fsp3) is 0.375. The first-order chi connectivity index (χ1) is 13.1. The topological polar surface area (TPSA) is 159 Å². The van der Waals surface area contributed by atoms with Gasteiger partial charge in [0.15, 0.2) is 0 Å². The predicted molar refractivity (Wildman–Crippen MR) is 100 cm³/mol. The van der Waals surface area contributed by atoms with Gasteiger partial charge in [-0.1, -0.05) is 6.92 Å². The molecule has 1 unspecified atom stereocenters. The predicted octanol–water partition coefficient (Wildman–Crippen LogP) is 1.71. The van der Waals surface area contributed by atoms with Gasteiger partial charge >= 0.3 is 11.7 Å². The molecule has 0 fully saturated rings. The van der Waals surface area contributed by atoms with E-state index >= 15 is 0 Å². The number of nitrogens with zero attached hydrogens (tertiary/aromatic N) is 3. The lowest BCUT2D eigenvalue weighted by molar-refractivity contribution is -0.385. The van der Waals surface area contributed by atoms with Crippen molar-refractivity contribution in [3.8, 4) is 0 Å². The van der Waals surface area contributed by atoms with E-state index in [9.17, 15) is 24.5 Å². The van der Waals surface area contributed by atoms with Crippen LogP contribution in [-0.2, 0) is 16.1 Å². The number of nitro groups is 1. The molecule has 2 amide bonds. The fourth-order valence-corrected chi connectivity index (χ4v) is 3.48. The highest BCUT2D eigenvalue weighted by atomic mass is 32.1. The second-order valence-electron chi connectivity index (χ2n) is 5.91. The third kappa shape index (κ3) is 4.52. The van der Waals surface area contributed by atoms with Crippen LogP contribution in [0.25, 0.3) is 0 Å². The molecule has 0 radical (unpaired) electrons. The van der Waals surface area contributed by atoms with E-state index in [0.717, 1.165) is 17.5 Å². The molecule has 0 aliphatic heterocycles. The second kappa shape index (κ2) is 8.61. The summed E-state index contributed by atoms with van der Waals surface area (Å²) in [5.74, 6) is -2.48. The quantitative estimate of drug-likeness (QED) is 0.381. The fourth-order valence-electron chi connectivity index (χ4n) is 2.43. The zero-order chi connectivity index (χ0) is 21.0. The van der Waals surface area contributed by atoms with E-state index in [0.29, 0.717) is 5.56 Å². The molecular formula is C16H19N5O6S. The molecule has 150 valence electrons. The van der Waals surface area contributed by atoms with Gasteiger partial charge in [-0.25, -0.2) is 4.79 Å².